The van der Waals surface area contributed by atoms with Gasteiger partial charge in [0.05, 0.1) is 0 Å². The molecule has 0 N–H and O–H groups in total. The number of benzene rings is 1. The number of aromatic nitrogens is 4. The molecular formula is C19H23N5O. The van der Waals surface area contributed by atoms with Gasteiger partial charge < -0.3 is 14.0 Å². The van der Waals surface area contributed by atoms with E-state index in [0.29, 0.717) is 17.6 Å². The zero-order valence-corrected chi connectivity index (χ0v) is 14.5. The molecule has 0 radical (unpaired) electrons. The van der Waals surface area contributed by atoms with Crippen LogP contribution < -0.4 is 0 Å². The van der Waals surface area contributed by atoms with E-state index < -0.39 is 0 Å². The second-order valence-corrected chi connectivity index (χ2v) is 6.66. The quantitative estimate of drug-likeness (QED) is 0.716. The van der Waals surface area contributed by atoms with E-state index in [2.05, 4.69) is 31.6 Å². The Balaban J connectivity index is 1.35. The standard InChI is InChI=1S/C19H23N5O/c1-23-13-10-20-19(23)16-8-5-11-24(14-16)12-9-17-21-18(22-25-17)15-6-3-2-4-7-15/h2-4,6-7,10,13,16H,5,8-9,11-12,14H2,1H3. The van der Waals surface area contributed by atoms with Crippen LogP contribution in [0.25, 0.3) is 11.4 Å². The third kappa shape index (κ3) is 3.64. The molecule has 1 unspecified atom stereocenters. The van der Waals surface area contributed by atoms with E-state index in [0.717, 1.165) is 31.6 Å². The second-order valence-electron chi connectivity index (χ2n) is 6.66. The van der Waals surface area contributed by atoms with Gasteiger partial charge in [-0.3, -0.25) is 0 Å². The van der Waals surface area contributed by atoms with Crippen molar-refractivity contribution >= 4 is 0 Å². The van der Waals surface area contributed by atoms with E-state index in [9.17, 15) is 0 Å². The van der Waals surface area contributed by atoms with Crippen LogP contribution in [0.3, 0.4) is 0 Å². The fraction of sp³-hybridized carbons (Fsp3) is 0.421. The average molecular weight is 337 g/mol. The fourth-order valence-electron chi connectivity index (χ4n) is 3.55. The third-order valence-electron chi connectivity index (χ3n) is 4.87. The van der Waals surface area contributed by atoms with E-state index in [-0.39, 0.29) is 0 Å². The highest BCUT2D eigenvalue weighted by Gasteiger charge is 2.24. The summed E-state index contributed by atoms with van der Waals surface area (Å²) in [7, 11) is 2.07. The van der Waals surface area contributed by atoms with Crippen LogP contribution in [0, 0.1) is 0 Å². The van der Waals surface area contributed by atoms with Gasteiger partial charge in [-0.05, 0) is 19.4 Å². The predicted molar refractivity (Wildman–Crippen MR) is 95.1 cm³/mol. The number of imidazole rings is 1. The Labute approximate surface area is 147 Å². The van der Waals surface area contributed by atoms with E-state index in [1.165, 1.54) is 18.7 Å². The van der Waals surface area contributed by atoms with Gasteiger partial charge in [0.25, 0.3) is 0 Å². The van der Waals surface area contributed by atoms with Crippen LogP contribution in [-0.2, 0) is 13.5 Å². The summed E-state index contributed by atoms with van der Waals surface area (Å²) in [5, 5.41) is 4.10. The van der Waals surface area contributed by atoms with Gasteiger partial charge in [-0.15, -0.1) is 0 Å². The second kappa shape index (κ2) is 7.19. The first-order valence-corrected chi connectivity index (χ1v) is 8.87. The lowest BCUT2D eigenvalue weighted by Crippen LogP contribution is -2.36. The molecule has 0 spiro atoms. The van der Waals surface area contributed by atoms with Crippen LogP contribution in [-0.4, -0.2) is 44.2 Å². The van der Waals surface area contributed by atoms with Gasteiger partial charge in [0.2, 0.25) is 11.7 Å². The molecule has 6 nitrogen and oxygen atoms in total. The summed E-state index contributed by atoms with van der Waals surface area (Å²) in [4.78, 5) is 11.5. The normalized spacial score (nSPS) is 18.5. The summed E-state index contributed by atoms with van der Waals surface area (Å²) in [6, 6.07) is 9.94. The molecule has 2 aromatic heterocycles. The monoisotopic (exact) mass is 337 g/mol. The maximum Gasteiger partial charge on any atom is 0.228 e. The fourth-order valence-corrected chi connectivity index (χ4v) is 3.55. The van der Waals surface area contributed by atoms with Crippen molar-refractivity contribution in [2.75, 3.05) is 19.6 Å². The van der Waals surface area contributed by atoms with Crippen LogP contribution in [0.1, 0.15) is 30.5 Å². The van der Waals surface area contributed by atoms with Gasteiger partial charge in [-0.1, -0.05) is 35.5 Å². The first kappa shape index (κ1) is 16.0. The van der Waals surface area contributed by atoms with Crippen molar-refractivity contribution in [3.05, 3.63) is 54.4 Å². The summed E-state index contributed by atoms with van der Waals surface area (Å²) >= 11 is 0. The van der Waals surface area contributed by atoms with E-state index in [1.807, 2.05) is 42.7 Å². The Bertz CT molecular complexity index is 810. The lowest BCUT2D eigenvalue weighted by Gasteiger charge is -2.32. The van der Waals surface area contributed by atoms with Crippen molar-refractivity contribution in [1.82, 2.24) is 24.6 Å². The first-order chi connectivity index (χ1) is 12.3. The first-order valence-electron chi connectivity index (χ1n) is 8.87. The highest BCUT2D eigenvalue weighted by atomic mass is 16.5. The molecule has 1 aromatic carbocycles. The average Bonchev–Trinajstić information content (AvgIpc) is 3.30. The van der Waals surface area contributed by atoms with Gasteiger partial charge in [0.1, 0.15) is 5.82 Å². The van der Waals surface area contributed by atoms with Crippen LogP contribution in [0.15, 0.2) is 47.2 Å². The minimum atomic E-state index is 0.510. The summed E-state index contributed by atoms with van der Waals surface area (Å²) in [5.74, 6) is 3.07. The van der Waals surface area contributed by atoms with E-state index >= 15 is 0 Å². The number of piperidine rings is 1. The van der Waals surface area contributed by atoms with Crippen molar-refractivity contribution in [3.63, 3.8) is 0 Å². The minimum absolute atomic E-state index is 0.510. The van der Waals surface area contributed by atoms with E-state index in [1.54, 1.807) is 0 Å². The Morgan fingerprint density at radius 3 is 2.92 bits per heavy atom. The molecule has 1 aliphatic rings. The zero-order valence-electron chi connectivity index (χ0n) is 14.5. The number of rotatable bonds is 5. The molecular weight excluding hydrogens is 314 g/mol. The summed E-state index contributed by atoms with van der Waals surface area (Å²) in [6.45, 7) is 3.11. The lowest BCUT2D eigenvalue weighted by molar-refractivity contribution is 0.199. The number of nitrogens with zero attached hydrogens (tertiary/aromatic N) is 5. The van der Waals surface area contributed by atoms with E-state index in [4.69, 9.17) is 4.52 Å². The molecule has 25 heavy (non-hydrogen) atoms. The van der Waals surface area contributed by atoms with Gasteiger partial charge in [-0.2, -0.15) is 4.98 Å². The third-order valence-corrected chi connectivity index (χ3v) is 4.87. The Hall–Kier alpha value is -2.47. The maximum absolute atomic E-state index is 5.42. The van der Waals surface area contributed by atoms with Gasteiger partial charge in [-0.25, -0.2) is 4.98 Å². The van der Waals surface area contributed by atoms with Crippen LogP contribution >= 0.6 is 0 Å². The molecule has 1 saturated heterocycles. The molecule has 1 fully saturated rings. The van der Waals surface area contributed by atoms with Gasteiger partial charge >= 0.3 is 0 Å². The molecule has 3 heterocycles. The number of hydrogen-bond acceptors (Lipinski definition) is 5. The lowest BCUT2D eigenvalue weighted by atomic mass is 9.97. The van der Waals surface area contributed by atoms with Crippen molar-refractivity contribution in [3.8, 4) is 11.4 Å². The molecule has 0 saturated carbocycles. The molecule has 3 aromatic rings. The number of aryl methyl sites for hydroxylation is 1. The molecule has 0 bridgehead atoms. The zero-order chi connectivity index (χ0) is 17.1. The maximum atomic E-state index is 5.42. The van der Waals surface area contributed by atoms with Crippen LogP contribution in [0.2, 0.25) is 0 Å². The van der Waals surface area contributed by atoms with Gasteiger partial charge in [0, 0.05) is 50.4 Å². The van der Waals surface area contributed by atoms with Crippen molar-refractivity contribution in [1.29, 1.82) is 0 Å². The Morgan fingerprint density at radius 1 is 1.24 bits per heavy atom. The summed E-state index contributed by atoms with van der Waals surface area (Å²) < 4.78 is 7.56. The highest BCUT2D eigenvalue weighted by Crippen LogP contribution is 2.25. The SMILES string of the molecule is Cn1ccnc1C1CCCN(CCc2nc(-c3ccccc3)no2)C1. The summed E-state index contributed by atoms with van der Waals surface area (Å²) in [5.41, 5.74) is 0.991. The molecule has 4 rings (SSSR count). The highest BCUT2D eigenvalue weighted by molar-refractivity contribution is 5.53. The van der Waals surface area contributed by atoms with Gasteiger partial charge in [0.15, 0.2) is 0 Å². The Morgan fingerprint density at radius 2 is 2.12 bits per heavy atom. The van der Waals surface area contributed by atoms with Crippen molar-refractivity contribution < 1.29 is 4.52 Å². The number of likely N-dealkylation sites (tertiary alicyclic amines) is 1. The van der Waals surface area contributed by atoms with Crippen LogP contribution in [0.5, 0.6) is 0 Å². The molecule has 0 amide bonds. The van der Waals surface area contributed by atoms with Crippen molar-refractivity contribution in [2.24, 2.45) is 7.05 Å². The van der Waals surface area contributed by atoms with Crippen LogP contribution in [0.4, 0.5) is 0 Å². The molecule has 1 atom stereocenters. The molecule has 0 aliphatic carbocycles. The molecule has 6 heteroatoms. The van der Waals surface area contributed by atoms with Crippen molar-refractivity contribution in [2.45, 2.75) is 25.2 Å². The largest absolute Gasteiger partial charge is 0.339 e. The minimum Gasteiger partial charge on any atom is -0.339 e. The topological polar surface area (TPSA) is 60.0 Å². The molecule has 1 aliphatic heterocycles. The summed E-state index contributed by atoms with van der Waals surface area (Å²) in [6.07, 6.45) is 7.11. The number of hydrogen-bond donors (Lipinski definition) is 0. The Kier molecular flexibility index (Phi) is 4.61. The smallest absolute Gasteiger partial charge is 0.228 e. The molecule has 130 valence electrons. The predicted octanol–water partition coefficient (Wildman–Crippen LogP) is 2.89.